The molecule has 0 saturated carbocycles. The first-order valence-electron chi connectivity index (χ1n) is 15.7. The van der Waals surface area contributed by atoms with Gasteiger partial charge in [0.1, 0.15) is 45.8 Å². The second-order valence-electron chi connectivity index (χ2n) is 11.2. The molecule has 2 aromatic heterocycles. The van der Waals surface area contributed by atoms with Crippen LogP contribution in [0.4, 0.5) is 0 Å². The van der Waals surface area contributed by atoms with Crippen molar-refractivity contribution in [1.82, 2.24) is 30.4 Å². The average molecular weight is 661 g/mol. The molecular weight excluding hydrogens is 628 g/mol. The van der Waals surface area contributed by atoms with Crippen molar-refractivity contribution in [2.45, 2.75) is 0 Å². The van der Waals surface area contributed by atoms with Gasteiger partial charge in [0.2, 0.25) is 0 Å². The summed E-state index contributed by atoms with van der Waals surface area (Å²) in [4.78, 5) is 10.0. The fourth-order valence-corrected chi connectivity index (χ4v) is 5.45. The Bertz CT molecular complexity index is 2060. The van der Waals surface area contributed by atoms with Gasteiger partial charge in [-0.1, -0.05) is 24.3 Å². The molecule has 7 rings (SSSR count). The molecule has 0 amide bonds. The number of ether oxygens (including phenoxy) is 4. The lowest BCUT2D eigenvalue weighted by Crippen LogP contribution is -2.01. The normalized spacial score (nSPS) is 10.8. The van der Waals surface area contributed by atoms with Crippen LogP contribution in [0.5, 0.6) is 23.0 Å². The van der Waals surface area contributed by atoms with Crippen molar-refractivity contribution in [1.29, 1.82) is 0 Å². The molecular formula is C40H32N6O4. The van der Waals surface area contributed by atoms with Crippen LogP contribution >= 0.6 is 0 Å². The van der Waals surface area contributed by atoms with Crippen molar-refractivity contribution in [3.8, 4) is 90.8 Å². The summed E-state index contributed by atoms with van der Waals surface area (Å²) in [7, 11) is 6.56. The summed E-state index contributed by atoms with van der Waals surface area (Å²) in [5, 5.41) is 18.4. The van der Waals surface area contributed by atoms with Gasteiger partial charge in [0.25, 0.3) is 0 Å². The van der Waals surface area contributed by atoms with E-state index in [2.05, 4.69) is 20.4 Å². The summed E-state index contributed by atoms with van der Waals surface area (Å²) in [6.45, 7) is 0. The fraction of sp³-hybridized carbons (Fsp3) is 0.100. The number of nitrogens with zero attached hydrogens (tertiary/aromatic N) is 6. The minimum atomic E-state index is 0.479. The molecule has 0 atom stereocenters. The molecule has 0 saturated heterocycles. The Morgan fingerprint density at radius 3 is 0.780 bits per heavy atom. The van der Waals surface area contributed by atoms with Crippen LogP contribution in [0.2, 0.25) is 0 Å². The van der Waals surface area contributed by atoms with E-state index in [1.54, 1.807) is 28.4 Å². The Morgan fingerprint density at radius 2 is 0.520 bits per heavy atom. The van der Waals surface area contributed by atoms with Gasteiger partial charge in [-0.15, -0.1) is 20.4 Å². The minimum Gasteiger partial charge on any atom is -0.497 e. The van der Waals surface area contributed by atoms with Crippen molar-refractivity contribution >= 4 is 0 Å². The number of hydrogen-bond acceptors (Lipinski definition) is 10. The van der Waals surface area contributed by atoms with E-state index in [0.29, 0.717) is 34.4 Å². The molecule has 246 valence electrons. The maximum Gasteiger partial charge on any atom is 0.182 e. The Labute approximate surface area is 289 Å². The summed E-state index contributed by atoms with van der Waals surface area (Å²) in [5.41, 5.74) is 7.77. The quantitative estimate of drug-likeness (QED) is 0.143. The molecule has 2 heterocycles. The van der Waals surface area contributed by atoms with Crippen LogP contribution in [0.25, 0.3) is 67.8 Å². The summed E-state index contributed by atoms with van der Waals surface area (Å²) in [6, 6.07) is 38.5. The highest BCUT2D eigenvalue weighted by Gasteiger charge is 2.18. The zero-order valence-corrected chi connectivity index (χ0v) is 27.9. The van der Waals surface area contributed by atoms with Gasteiger partial charge in [-0.05, 0) is 97.1 Å². The minimum absolute atomic E-state index is 0.479. The van der Waals surface area contributed by atoms with E-state index >= 15 is 0 Å². The Hall–Kier alpha value is -6.68. The Balaban J connectivity index is 1.25. The second-order valence-corrected chi connectivity index (χ2v) is 11.2. The van der Waals surface area contributed by atoms with Gasteiger partial charge >= 0.3 is 0 Å². The summed E-state index contributed by atoms with van der Waals surface area (Å²) < 4.78 is 21.5. The third-order valence-corrected chi connectivity index (χ3v) is 8.23. The van der Waals surface area contributed by atoms with Crippen LogP contribution in [0.1, 0.15) is 0 Å². The van der Waals surface area contributed by atoms with Crippen LogP contribution in [0.15, 0.2) is 121 Å². The summed E-state index contributed by atoms with van der Waals surface area (Å²) in [6.07, 6.45) is 0. The highest BCUT2D eigenvalue weighted by Crippen LogP contribution is 2.34. The van der Waals surface area contributed by atoms with Crippen molar-refractivity contribution < 1.29 is 18.9 Å². The monoisotopic (exact) mass is 660 g/mol. The van der Waals surface area contributed by atoms with E-state index < -0.39 is 0 Å². The van der Waals surface area contributed by atoms with Crippen LogP contribution < -0.4 is 18.9 Å². The van der Waals surface area contributed by atoms with Crippen molar-refractivity contribution in [2.75, 3.05) is 28.4 Å². The lowest BCUT2D eigenvalue weighted by molar-refractivity contribution is 0.414. The van der Waals surface area contributed by atoms with Gasteiger partial charge in [-0.3, -0.25) is 0 Å². The predicted octanol–water partition coefficient (Wildman–Crippen LogP) is 8.09. The summed E-state index contributed by atoms with van der Waals surface area (Å²) in [5.74, 6) is 3.97. The molecule has 0 aliphatic rings. The number of rotatable bonds is 10. The topological polar surface area (TPSA) is 114 Å². The SMILES string of the molecule is COc1ccc(-c2nnc(-c3ccc(-c4nnc(-c5ccc(OC)cc5)c(-c5ccc(OC)cc5)n4)cc3)nc2-c2ccc(OC)cc2)cc1. The van der Waals surface area contributed by atoms with Gasteiger partial charge in [-0.25, -0.2) is 9.97 Å². The summed E-state index contributed by atoms with van der Waals surface area (Å²) >= 11 is 0. The highest BCUT2D eigenvalue weighted by molar-refractivity contribution is 5.81. The molecule has 0 bridgehead atoms. The molecule has 0 unspecified atom stereocenters. The molecule has 50 heavy (non-hydrogen) atoms. The van der Waals surface area contributed by atoms with E-state index in [0.717, 1.165) is 56.4 Å². The van der Waals surface area contributed by atoms with Crippen molar-refractivity contribution in [3.63, 3.8) is 0 Å². The third kappa shape index (κ3) is 6.54. The molecule has 10 heteroatoms. The van der Waals surface area contributed by atoms with Crippen molar-refractivity contribution in [2.24, 2.45) is 0 Å². The van der Waals surface area contributed by atoms with Crippen LogP contribution in [0.3, 0.4) is 0 Å². The molecule has 5 aromatic carbocycles. The highest BCUT2D eigenvalue weighted by atomic mass is 16.5. The number of aromatic nitrogens is 6. The number of benzene rings is 5. The van der Waals surface area contributed by atoms with Gasteiger partial charge in [0, 0.05) is 33.4 Å². The van der Waals surface area contributed by atoms with Crippen LogP contribution in [0, 0.1) is 0 Å². The maximum absolute atomic E-state index is 5.38. The Morgan fingerprint density at radius 1 is 0.280 bits per heavy atom. The zero-order chi connectivity index (χ0) is 34.5. The fourth-order valence-electron chi connectivity index (χ4n) is 5.45. The smallest absolute Gasteiger partial charge is 0.182 e. The largest absolute Gasteiger partial charge is 0.497 e. The van der Waals surface area contributed by atoms with Gasteiger partial charge in [-0.2, -0.15) is 0 Å². The van der Waals surface area contributed by atoms with Gasteiger partial charge < -0.3 is 18.9 Å². The first-order chi connectivity index (χ1) is 24.6. The second kappa shape index (κ2) is 14.2. The van der Waals surface area contributed by atoms with E-state index in [1.807, 2.05) is 121 Å². The molecule has 0 radical (unpaired) electrons. The Kier molecular flexibility index (Phi) is 9.06. The molecule has 0 fully saturated rings. The third-order valence-electron chi connectivity index (χ3n) is 8.23. The van der Waals surface area contributed by atoms with Crippen LogP contribution in [-0.2, 0) is 0 Å². The average Bonchev–Trinajstić information content (AvgIpc) is 3.20. The van der Waals surface area contributed by atoms with E-state index in [9.17, 15) is 0 Å². The molecule has 10 nitrogen and oxygen atoms in total. The molecule has 0 aliphatic heterocycles. The maximum atomic E-state index is 5.38. The van der Waals surface area contributed by atoms with Crippen molar-refractivity contribution in [3.05, 3.63) is 121 Å². The number of hydrogen-bond donors (Lipinski definition) is 0. The lowest BCUT2D eigenvalue weighted by Gasteiger charge is -2.12. The molecule has 7 aromatic rings. The lowest BCUT2D eigenvalue weighted by atomic mass is 10.0. The first kappa shape index (κ1) is 31.9. The first-order valence-corrected chi connectivity index (χ1v) is 15.7. The van der Waals surface area contributed by atoms with E-state index in [1.165, 1.54) is 0 Å². The molecule has 0 N–H and O–H groups in total. The van der Waals surface area contributed by atoms with Gasteiger partial charge in [0.05, 0.1) is 28.4 Å². The predicted molar refractivity (Wildman–Crippen MR) is 192 cm³/mol. The van der Waals surface area contributed by atoms with E-state index in [-0.39, 0.29) is 0 Å². The standard InChI is InChI=1S/C40H32N6O4/c1-47-31-17-9-25(10-18-31)35-37(27-13-21-33(49-3)22-14-27)43-45-39(41-35)29-5-7-30(8-6-29)40-42-36(26-11-19-32(48-2)20-12-26)38(44-46-40)28-15-23-34(50-4)24-16-28/h5-24H,1-4H3. The molecule has 0 spiro atoms. The number of methoxy groups -OCH3 is 4. The van der Waals surface area contributed by atoms with Gasteiger partial charge in [0.15, 0.2) is 11.6 Å². The zero-order valence-electron chi connectivity index (χ0n) is 27.9. The van der Waals surface area contributed by atoms with E-state index in [4.69, 9.17) is 28.9 Å². The van der Waals surface area contributed by atoms with Crippen LogP contribution in [-0.4, -0.2) is 58.8 Å². The molecule has 0 aliphatic carbocycles.